The fourth-order valence-electron chi connectivity index (χ4n) is 2.39. The lowest BCUT2D eigenvalue weighted by atomic mass is 10.2. The summed E-state index contributed by atoms with van der Waals surface area (Å²) in [6, 6.07) is 4.86. The van der Waals surface area contributed by atoms with Gasteiger partial charge in [-0.25, -0.2) is 8.42 Å². The van der Waals surface area contributed by atoms with Crippen molar-refractivity contribution in [3.8, 4) is 11.5 Å². The van der Waals surface area contributed by atoms with Crippen LogP contribution in [0.2, 0.25) is 0 Å². The van der Waals surface area contributed by atoms with Gasteiger partial charge in [-0.3, -0.25) is 9.10 Å². The van der Waals surface area contributed by atoms with Gasteiger partial charge in [0.25, 0.3) is 0 Å². The van der Waals surface area contributed by atoms with Gasteiger partial charge >= 0.3 is 0 Å². The normalized spacial score (nSPS) is 13.5. The van der Waals surface area contributed by atoms with E-state index in [4.69, 9.17) is 9.47 Å². The zero-order valence-electron chi connectivity index (χ0n) is 13.6. The molecule has 1 aromatic carbocycles. The molecule has 128 valence electrons. The van der Waals surface area contributed by atoms with Crippen molar-refractivity contribution < 1.29 is 22.7 Å². The average Bonchev–Trinajstić information content (AvgIpc) is 2.52. The minimum atomic E-state index is -3.60. The van der Waals surface area contributed by atoms with Crippen LogP contribution in [0.3, 0.4) is 0 Å². The van der Waals surface area contributed by atoms with Crippen molar-refractivity contribution >= 4 is 21.6 Å². The summed E-state index contributed by atoms with van der Waals surface area (Å²) in [5, 5.41) is 0. The third kappa shape index (κ3) is 4.07. The van der Waals surface area contributed by atoms with E-state index in [1.54, 1.807) is 23.1 Å². The van der Waals surface area contributed by atoms with Crippen LogP contribution in [0.25, 0.3) is 0 Å². The minimum absolute atomic E-state index is 0.236. The number of amides is 1. The molecule has 0 radical (unpaired) electrons. The van der Waals surface area contributed by atoms with Crippen LogP contribution in [0, 0.1) is 0 Å². The summed E-state index contributed by atoms with van der Waals surface area (Å²) in [4.78, 5) is 13.9. The molecular formula is C15H22N2O5S. The Hall–Kier alpha value is -1.96. The average molecular weight is 342 g/mol. The Morgan fingerprint density at radius 3 is 2.30 bits per heavy atom. The number of ether oxygens (including phenoxy) is 2. The number of hydrogen-bond donors (Lipinski definition) is 0. The number of benzene rings is 1. The molecule has 2 rings (SSSR count). The number of sulfonamides is 1. The highest BCUT2D eigenvalue weighted by molar-refractivity contribution is 7.92. The number of fused-ring (bicyclic) bond motifs is 1. The van der Waals surface area contributed by atoms with Gasteiger partial charge in [0.15, 0.2) is 11.5 Å². The molecule has 0 N–H and O–H groups in total. The molecule has 1 aromatic rings. The quantitative estimate of drug-likeness (QED) is 0.773. The molecule has 0 bridgehead atoms. The Balaban J connectivity index is 2.31. The first-order chi connectivity index (χ1) is 10.9. The first-order valence-corrected chi connectivity index (χ1v) is 9.36. The van der Waals surface area contributed by atoms with Crippen molar-refractivity contribution in [1.29, 1.82) is 0 Å². The molecular weight excluding hydrogens is 320 g/mol. The molecule has 0 saturated carbocycles. The topological polar surface area (TPSA) is 76.2 Å². The van der Waals surface area contributed by atoms with E-state index in [0.29, 0.717) is 43.5 Å². The molecule has 7 nitrogen and oxygen atoms in total. The van der Waals surface area contributed by atoms with Gasteiger partial charge in [0, 0.05) is 19.2 Å². The van der Waals surface area contributed by atoms with Gasteiger partial charge in [-0.05, 0) is 26.0 Å². The van der Waals surface area contributed by atoms with Crippen LogP contribution in [0.4, 0.5) is 5.69 Å². The summed E-state index contributed by atoms with van der Waals surface area (Å²) in [6.07, 6.45) is 1.08. The highest BCUT2D eigenvalue weighted by Crippen LogP contribution is 2.34. The first-order valence-electron chi connectivity index (χ1n) is 7.52. The van der Waals surface area contributed by atoms with E-state index in [-0.39, 0.29) is 12.5 Å². The molecule has 0 unspecified atom stereocenters. The fraction of sp³-hybridized carbons (Fsp3) is 0.533. The van der Waals surface area contributed by atoms with E-state index in [1.165, 1.54) is 0 Å². The number of hydrogen-bond acceptors (Lipinski definition) is 5. The van der Waals surface area contributed by atoms with Crippen LogP contribution in [-0.4, -0.2) is 58.3 Å². The van der Waals surface area contributed by atoms with Gasteiger partial charge in [0.05, 0.1) is 11.9 Å². The van der Waals surface area contributed by atoms with Crippen LogP contribution in [0.1, 0.15) is 13.8 Å². The molecule has 1 amide bonds. The van der Waals surface area contributed by atoms with E-state index < -0.39 is 10.0 Å². The SMILES string of the molecule is CCN(CC)C(=O)CN(c1ccc2c(c1)OCCO2)S(C)(=O)=O. The van der Waals surface area contributed by atoms with Crippen molar-refractivity contribution in [1.82, 2.24) is 4.90 Å². The van der Waals surface area contributed by atoms with Crippen LogP contribution in [-0.2, 0) is 14.8 Å². The summed E-state index contributed by atoms with van der Waals surface area (Å²) >= 11 is 0. The maximum atomic E-state index is 12.3. The summed E-state index contributed by atoms with van der Waals surface area (Å²) in [6.45, 7) is 5.42. The number of rotatable bonds is 6. The molecule has 1 aliphatic heterocycles. The van der Waals surface area contributed by atoms with Crippen LogP contribution in [0.15, 0.2) is 18.2 Å². The van der Waals surface area contributed by atoms with Gasteiger partial charge in [-0.1, -0.05) is 0 Å². The molecule has 23 heavy (non-hydrogen) atoms. The molecule has 0 atom stereocenters. The van der Waals surface area contributed by atoms with E-state index in [9.17, 15) is 13.2 Å². The molecule has 0 fully saturated rings. The second kappa shape index (κ2) is 7.08. The zero-order chi connectivity index (χ0) is 17.0. The summed E-state index contributed by atoms with van der Waals surface area (Å²) < 4.78 is 36.2. The number of likely N-dealkylation sites (N-methyl/N-ethyl adjacent to an activating group) is 1. The minimum Gasteiger partial charge on any atom is -0.486 e. The van der Waals surface area contributed by atoms with Crippen molar-refractivity contribution in [2.75, 3.05) is 43.4 Å². The van der Waals surface area contributed by atoms with Crippen LogP contribution >= 0.6 is 0 Å². The second-order valence-electron chi connectivity index (χ2n) is 5.16. The van der Waals surface area contributed by atoms with Crippen LogP contribution in [0.5, 0.6) is 11.5 Å². The maximum absolute atomic E-state index is 12.3. The van der Waals surface area contributed by atoms with E-state index in [0.717, 1.165) is 10.6 Å². The smallest absolute Gasteiger partial charge is 0.243 e. The molecule has 0 spiro atoms. The summed E-state index contributed by atoms with van der Waals surface area (Å²) in [5.74, 6) is 0.816. The molecule has 1 heterocycles. The van der Waals surface area contributed by atoms with Gasteiger partial charge in [0.2, 0.25) is 15.9 Å². The first kappa shape index (κ1) is 17.4. The number of carbonyl (C=O) groups excluding carboxylic acids is 1. The highest BCUT2D eigenvalue weighted by Gasteiger charge is 2.24. The number of anilines is 1. The Morgan fingerprint density at radius 2 is 1.74 bits per heavy atom. The predicted octanol–water partition coefficient (Wildman–Crippen LogP) is 1.09. The lowest BCUT2D eigenvalue weighted by molar-refractivity contribution is -0.129. The van der Waals surface area contributed by atoms with Crippen LogP contribution < -0.4 is 13.8 Å². The van der Waals surface area contributed by atoms with Gasteiger partial charge in [-0.15, -0.1) is 0 Å². The number of nitrogens with zero attached hydrogens (tertiary/aromatic N) is 2. The standard InChI is InChI=1S/C15H22N2O5S/c1-4-16(5-2)15(18)11-17(23(3,19)20)12-6-7-13-14(10-12)22-9-8-21-13/h6-7,10H,4-5,8-9,11H2,1-3H3. The lowest BCUT2D eigenvalue weighted by Gasteiger charge is -2.27. The van der Waals surface area contributed by atoms with E-state index in [1.807, 2.05) is 13.8 Å². The molecule has 1 aliphatic rings. The van der Waals surface area contributed by atoms with Crippen molar-refractivity contribution in [2.24, 2.45) is 0 Å². The van der Waals surface area contributed by atoms with Crippen molar-refractivity contribution in [3.05, 3.63) is 18.2 Å². The van der Waals surface area contributed by atoms with Gasteiger partial charge < -0.3 is 14.4 Å². The van der Waals surface area contributed by atoms with Crippen molar-refractivity contribution in [2.45, 2.75) is 13.8 Å². The maximum Gasteiger partial charge on any atom is 0.243 e. The molecule has 8 heteroatoms. The highest BCUT2D eigenvalue weighted by atomic mass is 32.2. The number of carbonyl (C=O) groups is 1. The lowest BCUT2D eigenvalue weighted by Crippen LogP contribution is -2.42. The Morgan fingerprint density at radius 1 is 1.13 bits per heavy atom. The largest absolute Gasteiger partial charge is 0.486 e. The second-order valence-corrected chi connectivity index (χ2v) is 7.07. The summed E-state index contributed by atoms with van der Waals surface area (Å²) in [5.41, 5.74) is 0.386. The Kier molecular flexibility index (Phi) is 5.35. The Labute approximate surface area is 136 Å². The Bertz CT molecular complexity index is 670. The van der Waals surface area contributed by atoms with E-state index >= 15 is 0 Å². The third-order valence-electron chi connectivity index (χ3n) is 3.61. The third-order valence-corrected chi connectivity index (χ3v) is 4.75. The van der Waals surface area contributed by atoms with Crippen molar-refractivity contribution in [3.63, 3.8) is 0 Å². The molecule has 0 aliphatic carbocycles. The van der Waals surface area contributed by atoms with E-state index in [2.05, 4.69) is 0 Å². The summed E-state index contributed by atoms with van der Waals surface area (Å²) in [7, 11) is -3.60. The van der Waals surface area contributed by atoms with Gasteiger partial charge in [-0.2, -0.15) is 0 Å². The fourth-order valence-corrected chi connectivity index (χ4v) is 3.23. The predicted molar refractivity (Wildman–Crippen MR) is 87.5 cm³/mol. The zero-order valence-corrected chi connectivity index (χ0v) is 14.4. The van der Waals surface area contributed by atoms with Gasteiger partial charge in [0.1, 0.15) is 19.8 Å². The monoisotopic (exact) mass is 342 g/mol. The molecule has 0 aromatic heterocycles. The molecule has 0 saturated heterocycles.